The van der Waals surface area contributed by atoms with E-state index in [9.17, 15) is 9.59 Å². The van der Waals surface area contributed by atoms with E-state index in [1.807, 2.05) is 30.3 Å². The molecule has 3 aromatic rings. The van der Waals surface area contributed by atoms with Crippen LogP contribution in [0.1, 0.15) is 27.0 Å². The van der Waals surface area contributed by atoms with Gasteiger partial charge in [-0.3, -0.25) is 9.59 Å². The number of nitrogens with one attached hydrogen (secondary N) is 3. The zero-order valence-corrected chi connectivity index (χ0v) is 19.2. The molecule has 1 heterocycles. The Morgan fingerprint density at radius 1 is 1.06 bits per heavy atom. The molecule has 0 aromatic heterocycles. The Bertz CT molecular complexity index is 1130. The van der Waals surface area contributed by atoms with Crippen LogP contribution in [0.5, 0.6) is 0 Å². The first-order valence-electron chi connectivity index (χ1n) is 10.4. The first kappa shape index (κ1) is 22.2. The minimum atomic E-state index is -0.318. The van der Waals surface area contributed by atoms with Gasteiger partial charge in [0.1, 0.15) is 6.04 Å². The van der Waals surface area contributed by atoms with Crippen molar-refractivity contribution in [3.8, 4) is 0 Å². The summed E-state index contributed by atoms with van der Waals surface area (Å²) in [7, 11) is 0. The molecule has 5 nitrogen and oxygen atoms in total. The fourth-order valence-electron chi connectivity index (χ4n) is 3.45. The van der Waals surface area contributed by atoms with Crippen LogP contribution < -0.4 is 16.0 Å². The van der Waals surface area contributed by atoms with Crippen LogP contribution in [0.4, 0.5) is 11.4 Å². The van der Waals surface area contributed by atoms with Crippen molar-refractivity contribution >= 4 is 46.6 Å². The van der Waals surface area contributed by atoms with Crippen LogP contribution in [-0.2, 0) is 17.1 Å². The van der Waals surface area contributed by atoms with Gasteiger partial charge in [0.25, 0.3) is 5.91 Å². The van der Waals surface area contributed by atoms with E-state index in [2.05, 4.69) is 35.0 Å². The average Bonchev–Trinajstić information content (AvgIpc) is 2.79. The van der Waals surface area contributed by atoms with E-state index in [0.717, 1.165) is 17.0 Å². The number of carbonyl (C=O) groups excluding carboxylic acids is 2. The van der Waals surface area contributed by atoms with Crippen molar-refractivity contribution in [2.75, 3.05) is 16.4 Å². The molecule has 0 unspecified atom stereocenters. The Morgan fingerprint density at radius 3 is 2.62 bits per heavy atom. The molecular weight excluding hydrogens is 442 g/mol. The molecule has 0 aliphatic carbocycles. The molecule has 3 aromatic carbocycles. The molecule has 164 valence electrons. The Kier molecular flexibility index (Phi) is 7.02. The fraction of sp³-hybridized carbons (Fsp3) is 0.200. The molecule has 32 heavy (non-hydrogen) atoms. The molecule has 1 atom stereocenters. The largest absolute Gasteiger partial charge is 0.371 e. The number of carbonyl (C=O) groups is 2. The number of aryl methyl sites for hydroxylation is 1. The SMILES string of the molecule is Cc1ccccc1CSC[C@@H]1Nc2ccc(C(=O)NCc3ccc(Cl)cc3)cc2NC1=O. The number of benzene rings is 3. The first-order valence-corrected chi connectivity index (χ1v) is 11.9. The molecule has 0 spiro atoms. The number of thioether (sulfide) groups is 1. The lowest BCUT2D eigenvalue weighted by molar-refractivity contribution is -0.116. The molecule has 2 amide bonds. The number of anilines is 2. The van der Waals surface area contributed by atoms with Gasteiger partial charge in [-0.25, -0.2) is 0 Å². The van der Waals surface area contributed by atoms with Gasteiger partial charge in [0.15, 0.2) is 0 Å². The van der Waals surface area contributed by atoms with E-state index in [1.54, 1.807) is 36.0 Å². The molecule has 0 fully saturated rings. The smallest absolute Gasteiger partial charge is 0.251 e. The maximum atomic E-state index is 12.6. The maximum absolute atomic E-state index is 12.6. The number of amides is 2. The summed E-state index contributed by atoms with van der Waals surface area (Å²) in [6.07, 6.45) is 0. The summed E-state index contributed by atoms with van der Waals surface area (Å²) in [6, 6.07) is 20.6. The van der Waals surface area contributed by atoms with Crippen molar-refractivity contribution in [1.82, 2.24) is 5.32 Å². The van der Waals surface area contributed by atoms with Crippen LogP contribution in [0.15, 0.2) is 66.7 Å². The Labute approximate surface area is 196 Å². The van der Waals surface area contributed by atoms with Gasteiger partial charge in [-0.2, -0.15) is 11.8 Å². The lowest BCUT2D eigenvalue weighted by Crippen LogP contribution is -2.40. The molecule has 4 rings (SSSR count). The molecule has 7 heteroatoms. The molecule has 0 saturated heterocycles. The third-order valence-corrected chi connectivity index (χ3v) is 6.69. The standard InChI is InChI=1S/C25H24ClN3O2S/c1-16-4-2-3-5-19(16)14-32-15-23-25(31)29-22-12-18(8-11-21(22)28-23)24(30)27-13-17-6-9-20(26)10-7-17/h2-12,23,28H,13-15H2,1H3,(H,27,30)(H,29,31)/t23-/m0/s1. The van der Waals surface area contributed by atoms with Crippen LogP contribution >= 0.6 is 23.4 Å². The molecule has 0 saturated carbocycles. The van der Waals surface area contributed by atoms with Gasteiger partial charge in [-0.1, -0.05) is 48.0 Å². The fourth-order valence-corrected chi connectivity index (χ4v) is 4.71. The van der Waals surface area contributed by atoms with Crippen LogP contribution in [0.25, 0.3) is 0 Å². The molecular formula is C25H24ClN3O2S. The normalized spacial score (nSPS) is 14.8. The molecule has 3 N–H and O–H groups in total. The van der Waals surface area contributed by atoms with Gasteiger partial charge in [0, 0.05) is 28.6 Å². The highest BCUT2D eigenvalue weighted by Gasteiger charge is 2.26. The molecule has 1 aliphatic rings. The zero-order valence-electron chi connectivity index (χ0n) is 17.7. The summed E-state index contributed by atoms with van der Waals surface area (Å²) in [5, 5.41) is 9.78. The van der Waals surface area contributed by atoms with Crippen molar-refractivity contribution in [3.05, 3.63) is 94.0 Å². The Balaban J connectivity index is 1.34. The van der Waals surface area contributed by atoms with E-state index in [0.29, 0.717) is 28.6 Å². The maximum Gasteiger partial charge on any atom is 0.251 e. The quantitative estimate of drug-likeness (QED) is 0.446. The number of hydrogen-bond acceptors (Lipinski definition) is 4. The Morgan fingerprint density at radius 2 is 1.84 bits per heavy atom. The second kappa shape index (κ2) is 10.1. The summed E-state index contributed by atoms with van der Waals surface area (Å²) in [5.74, 6) is 1.22. The minimum absolute atomic E-state index is 0.0893. The van der Waals surface area contributed by atoms with Gasteiger partial charge in [0.05, 0.1) is 11.4 Å². The van der Waals surface area contributed by atoms with E-state index in [-0.39, 0.29) is 17.9 Å². The number of hydrogen-bond donors (Lipinski definition) is 3. The molecule has 1 aliphatic heterocycles. The zero-order chi connectivity index (χ0) is 22.5. The van der Waals surface area contributed by atoms with E-state index >= 15 is 0 Å². The lowest BCUT2D eigenvalue weighted by atomic mass is 10.1. The third-order valence-electron chi connectivity index (χ3n) is 5.36. The van der Waals surface area contributed by atoms with Crippen LogP contribution in [-0.4, -0.2) is 23.6 Å². The summed E-state index contributed by atoms with van der Waals surface area (Å²) >= 11 is 7.62. The van der Waals surface area contributed by atoms with Gasteiger partial charge in [-0.05, 0) is 53.9 Å². The third kappa shape index (κ3) is 5.44. The monoisotopic (exact) mass is 465 g/mol. The van der Waals surface area contributed by atoms with E-state index < -0.39 is 0 Å². The van der Waals surface area contributed by atoms with Gasteiger partial charge in [-0.15, -0.1) is 0 Å². The van der Waals surface area contributed by atoms with Gasteiger partial charge >= 0.3 is 0 Å². The second-order valence-corrected chi connectivity index (χ2v) is 9.16. The van der Waals surface area contributed by atoms with Gasteiger partial charge in [0.2, 0.25) is 5.91 Å². The average molecular weight is 466 g/mol. The number of rotatable bonds is 7. The van der Waals surface area contributed by atoms with E-state index in [1.165, 1.54) is 11.1 Å². The predicted molar refractivity (Wildman–Crippen MR) is 132 cm³/mol. The summed E-state index contributed by atoms with van der Waals surface area (Å²) in [6.45, 7) is 2.50. The van der Waals surface area contributed by atoms with Crippen molar-refractivity contribution in [2.45, 2.75) is 25.3 Å². The predicted octanol–water partition coefficient (Wildman–Crippen LogP) is 5.24. The molecule has 0 bridgehead atoms. The number of fused-ring (bicyclic) bond motifs is 1. The highest BCUT2D eigenvalue weighted by molar-refractivity contribution is 7.98. The molecule has 0 radical (unpaired) electrons. The van der Waals surface area contributed by atoms with Crippen LogP contribution in [0.3, 0.4) is 0 Å². The van der Waals surface area contributed by atoms with Crippen LogP contribution in [0, 0.1) is 6.92 Å². The topological polar surface area (TPSA) is 70.2 Å². The first-order chi connectivity index (χ1) is 15.5. The van der Waals surface area contributed by atoms with E-state index in [4.69, 9.17) is 11.6 Å². The van der Waals surface area contributed by atoms with Crippen molar-refractivity contribution in [1.29, 1.82) is 0 Å². The summed E-state index contributed by atoms with van der Waals surface area (Å²) in [5.41, 5.74) is 5.43. The highest BCUT2D eigenvalue weighted by atomic mass is 35.5. The van der Waals surface area contributed by atoms with Gasteiger partial charge < -0.3 is 16.0 Å². The Hall–Kier alpha value is -2.96. The highest BCUT2D eigenvalue weighted by Crippen LogP contribution is 2.29. The summed E-state index contributed by atoms with van der Waals surface area (Å²) < 4.78 is 0. The number of halogens is 1. The second-order valence-electron chi connectivity index (χ2n) is 7.70. The lowest BCUT2D eigenvalue weighted by Gasteiger charge is -2.27. The van der Waals surface area contributed by atoms with Crippen LogP contribution in [0.2, 0.25) is 5.02 Å². The minimum Gasteiger partial charge on any atom is -0.371 e. The van der Waals surface area contributed by atoms with Crippen molar-refractivity contribution in [3.63, 3.8) is 0 Å². The summed E-state index contributed by atoms with van der Waals surface area (Å²) in [4.78, 5) is 25.1. The van der Waals surface area contributed by atoms with Crippen molar-refractivity contribution < 1.29 is 9.59 Å². The van der Waals surface area contributed by atoms with Crippen molar-refractivity contribution in [2.24, 2.45) is 0 Å².